The van der Waals surface area contributed by atoms with Gasteiger partial charge in [0.25, 0.3) is 0 Å². The SMILES string of the molecule is CCCCOC(=O)C[C@@H]1CCC[C@H](O)C1. The van der Waals surface area contributed by atoms with E-state index >= 15 is 0 Å². The van der Waals surface area contributed by atoms with Crippen molar-refractivity contribution in [3.63, 3.8) is 0 Å². The minimum Gasteiger partial charge on any atom is -0.466 e. The normalized spacial score (nSPS) is 26.3. The van der Waals surface area contributed by atoms with E-state index in [1.54, 1.807) is 0 Å². The van der Waals surface area contributed by atoms with E-state index in [9.17, 15) is 9.90 Å². The van der Waals surface area contributed by atoms with Gasteiger partial charge in [0, 0.05) is 6.42 Å². The number of esters is 1. The van der Waals surface area contributed by atoms with Gasteiger partial charge in [-0.3, -0.25) is 4.79 Å². The number of ether oxygens (including phenoxy) is 1. The molecular formula is C12H22O3. The van der Waals surface area contributed by atoms with Gasteiger partial charge in [0.1, 0.15) is 0 Å². The summed E-state index contributed by atoms with van der Waals surface area (Å²) in [5.41, 5.74) is 0. The molecule has 1 aliphatic carbocycles. The van der Waals surface area contributed by atoms with Gasteiger partial charge in [-0.1, -0.05) is 19.8 Å². The molecule has 0 saturated heterocycles. The van der Waals surface area contributed by atoms with Gasteiger partial charge in [0.2, 0.25) is 0 Å². The van der Waals surface area contributed by atoms with Crippen molar-refractivity contribution in [3.8, 4) is 0 Å². The Labute approximate surface area is 91.8 Å². The van der Waals surface area contributed by atoms with Crippen molar-refractivity contribution in [2.45, 2.75) is 58.0 Å². The third-order valence-corrected chi connectivity index (χ3v) is 2.97. The maximum absolute atomic E-state index is 11.4. The quantitative estimate of drug-likeness (QED) is 0.564. The summed E-state index contributed by atoms with van der Waals surface area (Å²) in [6.07, 6.45) is 6.03. The lowest BCUT2D eigenvalue weighted by Gasteiger charge is -2.24. The second kappa shape index (κ2) is 6.83. The molecule has 0 aromatic heterocycles. The molecule has 1 saturated carbocycles. The van der Waals surface area contributed by atoms with Crippen molar-refractivity contribution < 1.29 is 14.6 Å². The van der Waals surface area contributed by atoms with Crippen LogP contribution in [-0.2, 0) is 9.53 Å². The number of rotatable bonds is 5. The second-order valence-electron chi connectivity index (χ2n) is 4.46. The molecule has 0 spiro atoms. The molecule has 0 bridgehead atoms. The lowest BCUT2D eigenvalue weighted by Crippen LogP contribution is -2.22. The summed E-state index contributed by atoms with van der Waals surface area (Å²) >= 11 is 0. The summed E-state index contributed by atoms with van der Waals surface area (Å²) in [5.74, 6) is 0.241. The summed E-state index contributed by atoms with van der Waals surface area (Å²) in [6.45, 7) is 2.62. The standard InChI is InChI=1S/C12H22O3/c1-2-3-7-15-12(14)9-10-5-4-6-11(13)8-10/h10-11,13H,2-9H2,1H3/t10-,11+/m1/s1. The zero-order valence-corrected chi connectivity index (χ0v) is 9.58. The minimum absolute atomic E-state index is 0.0949. The molecular weight excluding hydrogens is 192 g/mol. The topological polar surface area (TPSA) is 46.5 Å². The van der Waals surface area contributed by atoms with Gasteiger partial charge in [-0.2, -0.15) is 0 Å². The smallest absolute Gasteiger partial charge is 0.306 e. The molecule has 3 nitrogen and oxygen atoms in total. The fourth-order valence-electron chi connectivity index (χ4n) is 2.07. The number of hydrogen-bond donors (Lipinski definition) is 1. The number of aliphatic hydroxyl groups excluding tert-OH is 1. The van der Waals surface area contributed by atoms with E-state index in [0.717, 1.165) is 38.5 Å². The van der Waals surface area contributed by atoms with Gasteiger partial charge in [-0.15, -0.1) is 0 Å². The minimum atomic E-state index is -0.202. The van der Waals surface area contributed by atoms with Gasteiger partial charge >= 0.3 is 5.97 Å². The maximum Gasteiger partial charge on any atom is 0.306 e. The predicted molar refractivity (Wildman–Crippen MR) is 58.4 cm³/mol. The molecule has 2 atom stereocenters. The van der Waals surface area contributed by atoms with Crippen molar-refractivity contribution in [1.82, 2.24) is 0 Å². The van der Waals surface area contributed by atoms with Crippen LogP contribution in [-0.4, -0.2) is 23.8 Å². The molecule has 1 N–H and O–H groups in total. The molecule has 88 valence electrons. The van der Waals surface area contributed by atoms with Crippen molar-refractivity contribution in [2.75, 3.05) is 6.61 Å². The van der Waals surface area contributed by atoms with Crippen LogP contribution in [0.15, 0.2) is 0 Å². The summed E-state index contributed by atoms with van der Waals surface area (Å²) in [4.78, 5) is 11.4. The lowest BCUT2D eigenvalue weighted by molar-refractivity contribution is -0.145. The highest BCUT2D eigenvalue weighted by Gasteiger charge is 2.22. The first kappa shape index (κ1) is 12.5. The second-order valence-corrected chi connectivity index (χ2v) is 4.46. The first-order valence-electron chi connectivity index (χ1n) is 6.06. The number of unbranched alkanes of at least 4 members (excludes halogenated alkanes) is 1. The number of hydrogen-bond acceptors (Lipinski definition) is 3. The van der Waals surface area contributed by atoms with Gasteiger partial charge in [-0.05, 0) is 31.6 Å². The molecule has 0 aliphatic heterocycles. The highest BCUT2D eigenvalue weighted by molar-refractivity contribution is 5.69. The zero-order valence-electron chi connectivity index (χ0n) is 9.58. The average molecular weight is 214 g/mol. The molecule has 1 rings (SSSR count). The van der Waals surface area contributed by atoms with Crippen molar-refractivity contribution in [2.24, 2.45) is 5.92 Å². The molecule has 3 heteroatoms. The molecule has 1 fully saturated rings. The van der Waals surface area contributed by atoms with Crippen molar-refractivity contribution >= 4 is 5.97 Å². The maximum atomic E-state index is 11.4. The Kier molecular flexibility index (Phi) is 5.69. The summed E-state index contributed by atoms with van der Waals surface area (Å²) in [6, 6.07) is 0. The van der Waals surface area contributed by atoms with Crippen LogP contribution >= 0.6 is 0 Å². The molecule has 0 heterocycles. The third-order valence-electron chi connectivity index (χ3n) is 2.97. The fraction of sp³-hybridized carbons (Fsp3) is 0.917. The Balaban J connectivity index is 2.13. The van der Waals surface area contributed by atoms with Crippen LogP contribution in [0.3, 0.4) is 0 Å². The van der Waals surface area contributed by atoms with E-state index in [1.165, 1.54) is 0 Å². The summed E-state index contributed by atoms with van der Waals surface area (Å²) in [5, 5.41) is 9.45. The van der Waals surface area contributed by atoms with Crippen LogP contribution in [0, 0.1) is 5.92 Å². The molecule has 0 aromatic carbocycles. The van der Waals surface area contributed by atoms with Crippen LogP contribution in [0.1, 0.15) is 51.9 Å². The average Bonchev–Trinajstić information content (AvgIpc) is 2.18. The molecule has 0 radical (unpaired) electrons. The molecule has 0 unspecified atom stereocenters. The largest absolute Gasteiger partial charge is 0.466 e. The predicted octanol–water partition coefficient (Wildman–Crippen LogP) is 2.27. The van der Waals surface area contributed by atoms with E-state index in [1.807, 2.05) is 0 Å². The van der Waals surface area contributed by atoms with E-state index < -0.39 is 0 Å². The van der Waals surface area contributed by atoms with Gasteiger partial charge < -0.3 is 9.84 Å². The summed E-state index contributed by atoms with van der Waals surface area (Å²) in [7, 11) is 0. The fourth-order valence-corrected chi connectivity index (χ4v) is 2.07. The zero-order chi connectivity index (χ0) is 11.1. The molecule has 0 aromatic rings. The van der Waals surface area contributed by atoms with Gasteiger partial charge in [-0.25, -0.2) is 0 Å². The third kappa shape index (κ3) is 5.17. The van der Waals surface area contributed by atoms with Crippen LogP contribution in [0.2, 0.25) is 0 Å². The Morgan fingerprint density at radius 1 is 1.47 bits per heavy atom. The van der Waals surface area contributed by atoms with Crippen LogP contribution < -0.4 is 0 Å². The monoisotopic (exact) mass is 214 g/mol. The Morgan fingerprint density at radius 3 is 2.93 bits per heavy atom. The molecule has 15 heavy (non-hydrogen) atoms. The first-order chi connectivity index (χ1) is 7.22. The van der Waals surface area contributed by atoms with Gasteiger partial charge in [0.15, 0.2) is 0 Å². The molecule has 1 aliphatic rings. The first-order valence-corrected chi connectivity index (χ1v) is 6.06. The number of carbonyl (C=O) groups excluding carboxylic acids is 1. The number of carbonyl (C=O) groups is 1. The van der Waals surface area contributed by atoms with E-state index in [4.69, 9.17) is 4.74 Å². The lowest BCUT2D eigenvalue weighted by atomic mass is 9.85. The van der Waals surface area contributed by atoms with E-state index in [-0.39, 0.29) is 12.1 Å². The van der Waals surface area contributed by atoms with E-state index in [2.05, 4.69) is 6.92 Å². The highest BCUT2D eigenvalue weighted by Crippen LogP contribution is 2.26. The van der Waals surface area contributed by atoms with Crippen LogP contribution in [0.25, 0.3) is 0 Å². The Bertz CT molecular complexity index is 191. The van der Waals surface area contributed by atoms with Gasteiger partial charge in [0.05, 0.1) is 12.7 Å². The van der Waals surface area contributed by atoms with Crippen molar-refractivity contribution in [1.29, 1.82) is 0 Å². The van der Waals surface area contributed by atoms with Crippen LogP contribution in [0.5, 0.6) is 0 Å². The van der Waals surface area contributed by atoms with Crippen LogP contribution in [0.4, 0.5) is 0 Å². The Morgan fingerprint density at radius 2 is 2.27 bits per heavy atom. The highest BCUT2D eigenvalue weighted by atomic mass is 16.5. The molecule has 0 amide bonds. The van der Waals surface area contributed by atoms with E-state index in [0.29, 0.717) is 18.9 Å². The number of aliphatic hydroxyl groups is 1. The van der Waals surface area contributed by atoms with Crippen molar-refractivity contribution in [3.05, 3.63) is 0 Å². The summed E-state index contributed by atoms with van der Waals surface area (Å²) < 4.78 is 5.10. The Hall–Kier alpha value is -0.570.